The minimum Gasteiger partial charge on any atom is -0.206 e. The Bertz CT molecular complexity index is 1540. The standard InChI is InChI=1S/C34H27F/c1-22-20-21-29-32-25(22)17-11-18-28(32)34-31(24-13-6-4-7-14-24)23(2)12-5-3-8-16-27(33(29)34)26-15-9-10-19-30(26)35/h3-20,29H,21H2,1-2H3. The van der Waals surface area contributed by atoms with Crippen LogP contribution in [0.25, 0.3) is 39.0 Å². The normalized spacial score (nSPS) is 15.1. The summed E-state index contributed by atoms with van der Waals surface area (Å²) in [6, 6.07) is 34.9. The predicted molar refractivity (Wildman–Crippen MR) is 145 cm³/mol. The van der Waals surface area contributed by atoms with Gasteiger partial charge in [0.05, 0.1) is 0 Å². The second-order valence-electron chi connectivity index (χ2n) is 9.46. The minimum atomic E-state index is -0.188. The average molecular weight is 455 g/mol. The van der Waals surface area contributed by atoms with E-state index in [-0.39, 0.29) is 11.7 Å². The molecule has 0 saturated carbocycles. The van der Waals surface area contributed by atoms with Crippen molar-refractivity contribution in [3.8, 4) is 33.4 Å². The van der Waals surface area contributed by atoms with Gasteiger partial charge in [-0.3, -0.25) is 0 Å². The fraction of sp³-hybridized carbons (Fsp3) is 0.118. The third kappa shape index (κ3) is 3.51. The summed E-state index contributed by atoms with van der Waals surface area (Å²) in [5.74, 6) is 0.00125. The van der Waals surface area contributed by atoms with Crippen LogP contribution in [0, 0.1) is 12.7 Å². The number of rotatable bonds is 2. The van der Waals surface area contributed by atoms with Gasteiger partial charge in [0.2, 0.25) is 0 Å². The molecule has 0 fully saturated rings. The Morgan fingerprint density at radius 1 is 0.571 bits per heavy atom. The van der Waals surface area contributed by atoms with Gasteiger partial charge in [0, 0.05) is 11.5 Å². The second-order valence-corrected chi connectivity index (χ2v) is 9.46. The summed E-state index contributed by atoms with van der Waals surface area (Å²) in [6.07, 6.45) is 3.26. The van der Waals surface area contributed by atoms with Crippen molar-refractivity contribution >= 4 is 5.57 Å². The van der Waals surface area contributed by atoms with Gasteiger partial charge in [-0.1, -0.05) is 103 Å². The monoisotopic (exact) mass is 454 g/mol. The third-order valence-corrected chi connectivity index (χ3v) is 7.42. The average Bonchev–Trinajstić information content (AvgIpc) is 3.20. The zero-order valence-electron chi connectivity index (χ0n) is 20.1. The molecule has 4 aromatic carbocycles. The summed E-state index contributed by atoms with van der Waals surface area (Å²) in [6.45, 7) is 4.39. The Hall–Kier alpha value is -3.97. The highest BCUT2D eigenvalue weighted by Crippen LogP contribution is 2.56. The lowest BCUT2D eigenvalue weighted by Gasteiger charge is -2.23. The van der Waals surface area contributed by atoms with Crippen molar-refractivity contribution in [1.82, 2.24) is 0 Å². The lowest BCUT2D eigenvalue weighted by atomic mass is 9.81. The Labute approximate surface area is 206 Å². The van der Waals surface area contributed by atoms with E-state index in [0.29, 0.717) is 5.56 Å². The third-order valence-electron chi connectivity index (χ3n) is 7.42. The van der Waals surface area contributed by atoms with Gasteiger partial charge in [0.25, 0.3) is 0 Å². The maximum Gasteiger partial charge on any atom is 0.131 e. The van der Waals surface area contributed by atoms with E-state index < -0.39 is 0 Å². The molecular weight excluding hydrogens is 427 g/mol. The van der Waals surface area contributed by atoms with Crippen molar-refractivity contribution in [2.75, 3.05) is 0 Å². The van der Waals surface area contributed by atoms with Crippen molar-refractivity contribution < 1.29 is 4.39 Å². The number of hydrogen-bond acceptors (Lipinski definition) is 0. The molecule has 0 radical (unpaired) electrons. The highest BCUT2D eigenvalue weighted by molar-refractivity contribution is 5.98. The van der Waals surface area contributed by atoms with Crippen LogP contribution in [0.1, 0.15) is 41.5 Å². The Morgan fingerprint density at radius 3 is 2.00 bits per heavy atom. The van der Waals surface area contributed by atoms with Gasteiger partial charge in [0.1, 0.15) is 5.82 Å². The van der Waals surface area contributed by atoms with Crippen molar-refractivity contribution in [3.63, 3.8) is 0 Å². The van der Waals surface area contributed by atoms with Gasteiger partial charge < -0.3 is 0 Å². The lowest BCUT2D eigenvalue weighted by Crippen LogP contribution is -2.05. The number of fused-ring (bicyclic) bond motifs is 3. The van der Waals surface area contributed by atoms with E-state index in [0.717, 1.165) is 12.0 Å². The fourth-order valence-electron chi connectivity index (χ4n) is 5.88. The summed E-state index contributed by atoms with van der Waals surface area (Å²) in [4.78, 5) is 0. The molecule has 0 spiro atoms. The zero-order chi connectivity index (χ0) is 23.9. The van der Waals surface area contributed by atoms with Gasteiger partial charge in [-0.15, -0.1) is 0 Å². The molecule has 35 heavy (non-hydrogen) atoms. The zero-order valence-corrected chi connectivity index (χ0v) is 20.1. The van der Waals surface area contributed by atoms with E-state index in [1.807, 2.05) is 24.3 Å². The van der Waals surface area contributed by atoms with Crippen LogP contribution in [0.5, 0.6) is 0 Å². The first-order valence-electron chi connectivity index (χ1n) is 12.3. The first-order chi connectivity index (χ1) is 17.1. The summed E-state index contributed by atoms with van der Waals surface area (Å²) >= 11 is 0. The molecule has 0 bridgehead atoms. The molecule has 2 aliphatic rings. The van der Waals surface area contributed by atoms with E-state index >= 15 is 4.39 Å². The molecule has 0 saturated heterocycles. The number of hydrogen-bond donors (Lipinski definition) is 0. The summed E-state index contributed by atoms with van der Waals surface area (Å²) in [5, 5.41) is 0. The lowest BCUT2D eigenvalue weighted by molar-refractivity contribution is 0.631. The molecule has 1 atom stereocenters. The van der Waals surface area contributed by atoms with Crippen LogP contribution in [0.15, 0.2) is 109 Å². The van der Waals surface area contributed by atoms with Gasteiger partial charge in [0.15, 0.2) is 0 Å². The Balaban J connectivity index is 1.86. The molecule has 0 N–H and O–H groups in total. The van der Waals surface area contributed by atoms with Crippen LogP contribution >= 0.6 is 0 Å². The molecule has 0 heterocycles. The largest absolute Gasteiger partial charge is 0.206 e. The summed E-state index contributed by atoms with van der Waals surface area (Å²) < 4.78 is 15.3. The summed E-state index contributed by atoms with van der Waals surface area (Å²) in [5.41, 5.74) is 12.9. The first-order valence-corrected chi connectivity index (χ1v) is 12.3. The molecular formula is C34H27F. The second kappa shape index (κ2) is 8.67. The molecule has 6 rings (SSSR count). The van der Waals surface area contributed by atoms with Crippen molar-refractivity contribution in [1.29, 1.82) is 0 Å². The maximum absolute atomic E-state index is 15.3. The number of benzene rings is 3. The van der Waals surface area contributed by atoms with Gasteiger partial charge in [-0.05, 0) is 82.0 Å². The molecule has 0 amide bonds. The van der Waals surface area contributed by atoms with E-state index in [2.05, 4.69) is 86.7 Å². The van der Waals surface area contributed by atoms with Gasteiger partial charge in [-0.2, -0.15) is 0 Å². The van der Waals surface area contributed by atoms with E-state index in [4.69, 9.17) is 0 Å². The molecule has 1 heteroatoms. The molecule has 0 aromatic heterocycles. The molecule has 0 aliphatic heterocycles. The molecule has 0 nitrogen and oxygen atoms in total. The minimum absolute atomic E-state index is 0.188. The number of allylic oxidation sites excluding steroid dienone is 2. The van der Waals surface area contributed by atoms with Crippen molar-refractivity contribution in [3.05, 3.63) is 137 Å². The number of aryl methyl sites for hydroxylation is 1. The molecule has 2 aliphatic carbocycles. The fourth-order valence-corrected chi connectivity index (χ4v) is 5.88. The van der Waals surface area contributed by atoms with Gasteiger partial charge >= 0.3 is 0 Å². The van der Waals surface area contributed by atoms with Crippen LogP contribution in [0.4, 0.5) is 4.39 Å². The van der Waals surface area contributed by atoms with Crippen LogP contribution in [-0.2, 0) is 0 Å². The van der Waals surface area contributed by atoms with Crippen LogP contribution < -0.4 is 0 Å². The smallest absolute Gasteiger partial charge is 0.131 e. The van der Waals surface area contributed by atoms with Gasteiger partial charge in [-0.25, -0.2) is 4.39 Å². The number of halogens is 1. The first kappa shape index (κ1) is 21.6. The van der Waals surface area contributed by atoms with E-state index in [1.165, 1.54) is 50.1 Å². The van der Waals surface area contributed by atoms with Crippen molar-refractivity contribution in [2.45, 2.75) is 26.2 Å². The summed E-state index contributed by atoms with van der Waals surface area (Å²) in [7, 11) is 0. The molecule has 4 aromatic rings. The maximum atomic E-state index is 15.3. The molecule has 170 valence electrons. The topological polar surface area (TPSA) is 0 Å². The van der Waals surface area contributed by atoms with Crippen LogP contribution in [-0.4, -0.2) is 0 Å². The predicted octanol–water partition coefficient (Wildman–Crippen LogP) is 9.51. The van der Waals surface area contributed by atoms with Crippen LogP contribution in [0.3, 0.4) is 0 Å². The van der Waals surface area contributed by atoms with Crippen LogP contribution in [0.2, 0.25) is 0 Å². The molecule has 1 unspecified atom stereocenters. The van der Waals surface area contributed by atoms with Crippen molar-refractivity contribution in [2.24, 2.45) is 0 Å². The Kier molecular flexibility index (Phi) is 5.34. The Morgan fingerprint density at radius 2 is 1.20 bits per heavy atom. The SMILES string of the molecule is CC1=CCC2c3c1cccc3-c1c(-c3ccccc3)c(C)cccccc(-c3ccccc3F)c12. The highest BCUT2D eigenvalue weighted by atomic mass is 19.1. The van der Waals surface area contributed by atoms with E-state index in [9.17, 15) is 0 Å². The highest BCUT2D eigenvalue weighted by Gasteiger charge is 2.36. The quantitative estimate of drug-likeness (QED) is 0.283. The van der Waals surface area contributed by atoms with E-state index in [1.54, 1.807) is 12.1 Å².